The Morgan fingerprint density at radius 1 is 1.38 bits per heavy atom. The fourth-order valence-corrected chi connectivity index (χ4v) is 3.32. The van der Waals surface area contributed by atoms with Crippen LogP contribution in [-0.2, 0) is 5.60 Å². The molecule has 6 heteroatoms. The number of hydrogen-bond donors (Lipinski definition) is 1. The van der Waals surface area contributed by atoms with Crippen molar-refractivity contribution in [2.45, 2.75) is 38.0 Å². The van der Waals surface area contributed by atoms with Crippen LogP contribution in [0.15, 0.2) is 15.9 Å². The van der Waals surface area contributed by atoms with Crippen molar-refractivity contribution in [1.82, 2.24) is 0 Å². The van der Waals surface area contributed by atoms with Crippen molar-refractivity contribution in [2.75, 3.05) is 0 Å². The van der Waals surface area contributed by atoms with Crippen LogP contribution < -0.4 is 0 Å². The highest BCUT2D eigenvalue weighted by molar-refractivity contribution is 9.10. The second-order valence-corrected chi connectivity index (χ2v) is 5.61. The molecule has 16 heavy (non-hydrogen) atoms. The Kier molecular flexibility index (Phi) is 4.42. The summed E-state index contributed by atoms with van der Waals surface area (Å²) < 4.78 is 36.6. The summed E-state index contributed by atoms with van der Waals surface area (Å²) in [5.41, 5.74) is -1.20. The third-order valence-corrected chi connectivity index (χ3v) is 4.32. The first kappa shape index (κ1) is 14.0. The van der Waals surface area contributed by atoms with E-state index in [2.05, 4.69) is 15.9 Å². The molecule has 0 radical (unpaired) electrons. The topological polar surface area (TPSA) is 20.2 Å². The monoisotopic (exact) mass is 316 g/mol. The van der Waals surface area contributed by atoms with Crippen molar-refractivity contribution in [3.63, 3.8) is 0 Å². The normalized spacial score (nSPS) is 16.1. The lowest BCUT2D eigenvalue weighted by Gasteiger charge is -2.22. The van der Waals surface area contributed by atoms with Crippen LogP contribution in [0.4, 0.5) is 13.2 Å². The zero-order valence-corrected chi connectivity index (χ0v) is 11.0. The molecule has 0 aliphatic carbocycles. The van der Waals surface area contributed by atoms with E-state index >= 15 is 0 Å². The van der Waals surface area contributed by atoms with E-state index < -0.39 is 18.2 Å². The van der Waals surface area contributed by atoms with Crippen molar-refractivity contribution >= 4 is 27.3 Å². The van der Waals surface area contributed by atoms with Crippen LogP contribution in [-0.4, -0.2) is 11.3 Å². The Balaban J connectivity index is 2.56. The first-order valence-electron chi connectivity index (χ1n) is 4.75. The molecule has 0 saturated carbocycles. The maximum atomic E-state index is 12.0. The molecule has 0 spiro atoms. The highest BCUT2D eigenvalue weighted by Crippen LogP contribution is 2.37. The molecule has 1 atom stereocenters. The smallest absolute Gasteiger partial charge is 0.385 e. The van der Waals surface area contributed by atoms with E-state index in [1.807, 2.05) is 0 Å². The molecular formula is C10H12BrF3OS. The van der Waals surface area contributed by atoms with Gasteiger partial charge >= 0.3 is 6.18 Å². The van der Waals surface area contributed by atoms with Gasteiger partial charge in [-0.25, -0.2) is 0 Å². The maximum Gasteiger partial charge on any atom is 0.389 e. The van der Waals surface area contributed by atoms with Gasteiger partial charge in [0.25, 0.3) is 0 Å². The Hall–Kier alpha value is -0.0700. The lowest BCUT2D eigenvalue weighted by molar-refractivity contribution is -0.137. The van der Waals surface area contributed by atoms with Gasteiger partial charge in [-0.2, -0.15) is 13.2 Å². The minimum atomic E-state index is -4.15. The van der Waals surface area contributed by atoms with E-state index in [0.717, 1.165) is 4.47 Å². The summed E-state index contributed by atoms with van der Waals surface area (Å²) in [5, 5.41) is 11.9. The van der Waals surface area contributed by atoms with Crippen molar-refractivity contribution in [1.29, 1.82) is 0 Å². The molecule has 1 heterocycles. The molecule has 1 rings (SSSR count). The SMILES string of the molecule is CC(O)(CCCC(F)(F)F)c1sccc1Br. The first-order chi connectivity index (χ1) is 7.22. The van der Waals surface area contributed by atoms with Crippen LogP contribution in [0.2, 0.25) is 0 Å². The van der Waals surface area contributed by atoms with E-state index in [4.69, 9.17) is 0 Å². The molecule has 0 amide bonds. The van der Waals surface area contributed by atoms with Gasteiger partial charge in [0.1, 0.15) is 0 Å². The fourth-order valence-electron chi connectivity index (χ4n) is 1.42. The minimum Gasteiger partial charge on any atom is -0.385 e. The third-order valence-electron chi connectivity index (χ3n) is 2.23. The van der Waals surface area contributed by atoms with Gasteiger partial charge in [-0.05, 0) is 47.1 Å². The fraction of sp³-hybridized carbons (Fsp3) is 0.600. The van der Waals surface area contributed by atoms with Crippen LogP contribution in [0.1, 0.15) is 31.1 Å². The van der Waals surface area contributed by atoms with Gasteiger partial charge in [0.15, 0.2) is 0 Å². The number of aliphatic hydroxyl groups is 1. The molecule has 0 fully saturated rings. The Labute approximate surface area is 104 Å². The summed E-state index contributed by atoms with van der Waals surface area (Å²) in [6.07, 6.45) is -4.97. The predicted octanol–water partition coefficient (Wildman–Crippen LogP) is 4.45. The molecule has 1 nitrogen and oxygen atoms in total. The van der Waals surface area contributed by atoms with Gasteiger partial charge < -0.3 is 5.11 Å². The number of alkyl halides is 3. The third kappa shape index (κ3) is 4.07. The van der Waals surface area contributed by atoms with Crippen molar-refractivity contribution in [3.8, 4) is 0 Å². The zero-order chi connectivity index (χ0) is 12.4. The lowest BCUT2D eigenvalue weighted by atomic mass is 9.97. The average molecular weight is 317 g/mol. The molecule has 0 bridgehead atoms. The Morgan fingerprint density at radius 2 is 2.00 bits per heavy atom. The number of rotatable bonds is 4. The average Bonchev–Trinajstić information content (AvgIpc) is 2.48. The van der Waals surface area contributed by atoms with Gasteiger partial charge in [-0.3, -0.25) is 0 Å². The summed E-state index contributed by atoms with van der Waals surface area (Å²) in [6.45, 7) is 1.54. The molecule has 0 aliphatic heterocycles. The van der Waals surface area contributed by atoms with Crippen LogP contribution >= 0.6 is 27.3 Å². The van der Waals surface area contributed by atoms with Gasteiger partial charge in [-0.15, -0.1) is 11.3 Å². The van der Waals surface area contributed by atoms with Crippen LogP contribution in [0.25, 0.3) is 0 Å². The van der Waals surface area contributed by atoms with E-state index in [1.54, 1.807) is 18.4 Å². The summed E-state index contributed by atoms with van der Waals surface area (Å²) in [6, 6.07) is 1.78. The molecule has 1 N–H and O–H groups in total. The Morgan fingerprint density at radius 3 is 2.44 bits per heavy atom. The first-order valence-corrected chi connectivity index (χ1v) is 6.42. The maximum absolute atomic E-state index is 12.0. The van der Waals surface area contributed by atoms with E-state index in [9.17, 15) is 18.3 Å². The molecule has 0 saturated heterocycles. The van der Waals surface area contributed by atoms with Crippen molar-refractivity contribution in [2.24, 2.45) is 0 Å². The number of hydrogen-bond acceptors (Lipinski definition) is 2. The van der Waals surface area contributed by atoms with Crippen molar-refractivity contribution < 1.29 is 18.3 Å². The van der Waals surface area contributed by atoms with E-state index in [0.29, 0.717) is 4.88 Å². The highest BCUT2D eigenvalue weighted by Gasteiger charge is 2.31. The van der Waals surface area contributed by atoms with E-state index in [1.165, 1.54) is 11.3 Å². The largest absolute Gasteiger partial charge is 0.389 e. The quantitative estimate of drug-likeness (QED) is 0.870. The number of halogens is 4. The molecule has 0 aliphatic rings. The summed E-state index contributed by atoms with van der Waals surface area (Å²) >= 11 is 4.60. The summed E-state index contributed by atoms with van der Waals surface area (Å²) in [5.74, 6) is 0. The predicted molar refractivity (Wildman–Crippen MR) is 61.5 cm³/mol. The minimum absolute atomic E-state index is 0.0686. The summed E-state index contributed by atoms with van der Waals surface area (Å²) in [4.78, 5) is 0.676. The molecule has 92 valence electrons. The Bertz CT molecular complexity index is 346. The van der Waals surface area contributed by atoms with Crippen LogP contribution in [0, 0.1) is 0 Å². The standard InChI is InChI=1S/C10H12BrF3OS/c1-9(15,4-2-5-10(12,13)14)8-7(11)3-6-16-8/h3,6,15H,2,4-5H2,1H3. The molecule has 0 aromatic carbocycles. The summed E-state index contributed by atoms with van der Waals surface area (Å²) in [7, 11) is 0. The van der Waals surface area contributed by atoms with Gasteiger partial charge in [0.05, 0.1) is 5.60 Å². The number of thiophene rings is 1. The molecule has 1 aromatic heterocycles. The van der Waals surface area contributed by atoms with Crippen molar-refractivity contribution in [3.05, 3.63) is 20.8 Å². The van der Waals surface area contributed by atoms with Gasteiger partial charge in [-0.1, -0.05) is 0 Å². The van der Waals surface area contributed by atoms with E-state index in [-0.39, 0.29) is 12.8 Å². The highest BCUT2D eigenvalue weighted by atomic mass is 79.9. The van der Waals surface area contributed by atoms with Gasteiger partial charge in [0.2, 0.25) is 0 Å². The lowest BCUT2D eigenvalue weighted by Crippen LogP contribution is -2.21. The zero-order valence-electron chi connectivity index (χ0n) is 8.64. The van der Waals surface area contributed by atoms with Gasteiger partial charge in [0, 0.05) is 15.8 Å². The van der Waals surface area contributed by atoms with Crippen LogP contribution in [0.3, 0.4) is 0 Å². The molecular weight excluding hydrogens is 305 g/mol. The second-order valence-electron chi connectivity index (χ2n) is 3.84. The molecule has 1 aromatic rings. The molecule has 1 unspecified atom stereocenters. The van der Waals surface area contributed by atoms with Crippen LogP contribution in [0.5, 0.6) is 0 Å². The second kappa shape index (κ2) is 5.06.